The van der Waals surface area contributed by atoms with Crippen molar-refractivity contribution in [1.82, 2.24) is 4.98 Å². The zero-order valence-electron chi connectivity index (χ0n) is 10.2. The molecule has 2 rings (SSSR count). The Labute approximate surface area is 112 Å². The predicted octanol–water partition coefficient (Wildman–Crippen LogP) is 2.97. The Morgan fingerprint density at radius 1 is 1.33 bits per heavy atom. The zero-order chi connectivity index (χ0) is 13.2. The first-order valence-corrected chi connectivity index (χ1v) is 8.34. The largest absolute Gasteiger partial charge is 0.473 e. The van der Waals surface area contributed by atoms with Crippen LogP contribution in [0.2, 0.25) is 0 Å². The Balaban J connectivity index is 2.15. The number of halogens is 1. The average molecular weight is 290 g/mol. The first-order chi connectivity index (χ1) is 8.47. The first-order valence-electron chi connectivity index (χ1n) is 6.03. The lowest BCUT2D eigenvalue weighted by Crippen LogP contribution is -2.24. The maximum Gasteiger partial charge on any atom is 0.266 e. The molecule has 0 aromatic carbocycles. The molecule has 6 heteroatoms. The molecule has 0 bridgehead atoms. The van der Waals surface area contributed by atoms with Crippen LogP contribution in [0.4, 0.5) is 0 Å². The molecule has 0 amide bonds. The molecule has 1 heterocycles. The highest BCUT2D eigenvalue weighted by Gasteiger charge is 2.24. The van der Waals surface area contributed by atoms with Crippen molar-refractivity contribution in [3.05, 3.63) is 18.3 Å². The van der Waals surface area contributed by atoms with E-state index in [1.807, 2.05) is 0 Å². The summed E-state index contributed by atoms with van der Waals surface area (Å²) in [4.78, 5) is 3.92. The van der Waals surface area contributed by atoms with Gasteiger partial charge in [-0.1, -0.05) is 6.92 Å². The number of nitrogens with zero attached hydrogens (tertiary/aromatic N) is 1. The summed E-state index contributed by atoms with van der Waals surface area (Å²) in [5, 5.41) is 0. The van der Waals surface area contributed by atoms with Crippen molar-refractivity contribution in [2.75, 3.05) is 0 Å². The first kappa shape index (κ1) is 13.6. The van der Waals surface area contributed by atoms with Crippen LogP contribution in [0.25, 0.3) is 0 Å². The summed E-state index contributed by atoms with van der Waals surface area (Å²) in [6.45, 7) is 2.21. The minimum Gasteiger partial charge on any atom is -0.473 e. The minimum absolute atomic E-state index is 0.0354. The van der Waals surface area contributed by atoms with Crippen molar-refractivity contribution in [2.24, 2.45) is 5.92 Å². The normalized spacial score (nSPS) is 24.8. The van der Waals surface area contributed by atoms with Gasteiger partial charge in [-0.3, -0.25) is 0 Å². The van der Waals surface area contributed by atoms with Crippen molar-refractivity contribution in [3.8, 4) is 5.88 Å². The molecule has 1 aromatic heterocycles. The van der Waals surface area contributed by atoms with Gasteiger partial charge in [-0.05, 0) is 43.7 Å². The van der Waals surface area contributed by atoms with Crippen LogP contribution in [-0.4, -0.2) is 19.5 Å². The summed E-state index contributed by atoms with van der Waals surface area (Å²) in [6, 6.07) is 2.95. The molecule has 0 radical (unpaired) electrons. The topological polar surface area (TPSA) is 56.3 Å². The quantitative estimate of drug-likeness (QED) is 0.803. The standard InChI is InChI=1S/C12H16ClNO3S/c1-9-4-6-10(7-5-9)17-12-11(18(13,15)16)3-2-8-14-12/h2-3,8-10H,4-7H2,1H3. The van der Waals surface area contributed by atoms with Crippen molar-refractivity contribution in [2.45, 2.75) is 43.6 Å². The Kier molecular flexibility index (Phi) is 4.12. The van der Waals surface area contributed by atoms with Crippen LogP contribution in [0.3, 0.4) is 0 Å². The molecule has 100 valence electrons. The highest BCUT2D eigenvalue weighted by molar-refractivity contribution is 8.13. The fraction of sp³-hybridized carbons (Fsp3) is 0.583. The molecule has 1 fully saturated rings. The molecular weight excluding hydrogens is 274 g/mol. The van der Waals surface area contributed by atoms with Gasteiger partial charge in [0.25, 0.3) is 9.05 Å². The number of ether oxygens (including phenoxy) is 1. The third-order valence-corrected chi connectivity index (χ3v) is 4.57. The number of aromatic nitrogens is 1. The van der Waals surface area contributed by atoms with E-state index in [1.54, 1.807) is 0 Å². The smallest absolute Gasteiger partial charge is 0.266 e. The van der Waals surface area contributed by atoms with E-state index in [-0.39, 0.29) is 16.9 Å². The van der Waals surface area contributed by atoms with E-state index in [2.05, 4.69) is 11.9 Å². The van der Waals surface area contributed by atoms with Crippen molar-refractivity contribution in [3.63, 3.8) is 0 Å². The molecule has 18 heavy (non-hydrogen) atoms. The van der Waals surface area contributed by atoms with Crippen LogP contribution in [0, 0.1) is 5.92 Å². The van der Waals surface area contributed by atoms with Gasteiger partial charge in [-0.25, -0.2) is 13.4 Å². The Morgan fingerprint density at radius 3 is 2.61 bits per heavy atom. The van der Waals surface area contributed by atoms with Crippen LogP contribution >= 0.6 is 10.7 Å². The number of pyridine rings is 1. The van der Waals surface area contributed by atoms with Gasteiger partial charge in [0, 0.05) is 16.9 Å². The molecular formula is C12H16ClNO3S. The molecule has 0 atom stereocenters. The fourth-order valence-corrected chi connectivity index (χ4v) is 3.06. The molecule has 0 N–H and O–H groups in total. The van der Waals surface area contributed by atoms with Gasteiger partial charge in [-0.15, -0.1) is 0 Å². The molecule has 1 saturated carbocycles. The second kappa shape index (κ2) is 5.45. The minimum atomic E-state index is -3.81. The lowest BCUT2D eigenvalue weighted by atomic mass is 9.89. The lowest BCUT2D eigenvalue weighted by molar-refractivity contribution is 0.126. The molecule has 0 aliphatic heterocycles. The van der Waals surface area contributed by atoms with E-state index in [4.69, 9.17) is 15.4 Å². The van der Waals surface area contributed by atoms with Gasteiger partial charge in [0.2, 0.25) is 5.88 Å². The fourth-order valence-electron chi connectivity index (χ4n) is 2.16. The number of rotatable bonds is 3. The van der Waals surface area contributed by atoms with Crippen LogP contribution in [0.15, 0.2) is 23.2 Å². The molecule has 1 aromatic rings. The summed E-state index contributed by atoms with van der Waals surface area (Å²) >= 11 is 0. The summed E-state index contributed by atoms with van der Waals surface area (Å²) < 4.78 is 28.5. The van der Waals surface area contributed by atoms with Gasteiger partial charge >= 0.3 is 0 Å². The van der Waals surface area contributed by atoms with Crippen LogP contribution < -0.4 is 4.74 Å². The second-order valence-electron chi connectivity index (χ2n) is 4.74. The Morgan fingerprint density at radius 2 is 2.00 bits per heavy atom. The average Bonchev–Trinajstić information content (AvgIpc) is 2.31. The van der Waals surface area contributed by atoms with Crippen molar-refractivity contribution >= 4 is 19.7 Å². The summed E-state index contributed by atoms with van der Waals surface area (Å²) in [5.41, 5.74) is 0. The predicted molar refractivity (Wildman–Crippen MR) is 69.3 cm³/mol. The summed E-state index contributed by atoms with van der Waals surface area (Å²) in [5.74, 6) is 0.830. The van der Waals surface area contributed by atoms with E-state index < -0.39 is 9.05 Å². The molecule has 0 unspecified atom stereocenters. The summed E-state index contributed by atoms with van der Waals surface area (Å²) in [6.07, 6.45) is 5.60. The van der Waals surface area contributed by atoms with Gasteiger partial charge in [0.15, 0.2) is 0 Å². The van der Waals surface area contributed by atoms with Crippen molar-refractivity contribution < 1.29 is 13.2 Å². The van der Waals surface area contributed by atoms with Gasteiger partial charge in [0.05, 0.1) is 0 Å². The number of hydrogen-bond donors (Lipinski definition) is 0. The van der Waals surface area contributed by atoms with Gasteiger partial charge in [0.1, 0.15) is 11.0 Å². The zero-order valence-corrected chi connectivity index (χ0v) is 11.7. The molecule has 0 saturated heterocycles. The Bertz CT molecular complexity index is 510. The van der Waals surface area contributed by atoms with Crippen LogP contribution in [0.1, 0.15) is 32.6 Å². The maximum absolute atomic E-state index is 11.4. The van der Waals surface area contributed by atoms with E-state index in [9.17, 15) is 8.42 Å². The van der Waals surface area contributed by atoms with E-state index in [0.717, 1.165) is 25.7 Å². The highest BCUT2D eigenvalue weighted by Crippen LogP contribution is 2.30. The monoisotopic (exact) mass is 289 g/mol. The second-order valence-corrected chi connectivity index (χ2v) is 7.28. The van der Waals surface area contributed by atoms with E-state index in [1.165, 1.54) is 18.3 Å². The third kappa shape index (κ3) is 3.36. The van der Waals surface area contributed by atoms with Crippen molar-refractivity contribution in [1.29, 1.82) is 0 Å². The van der Waals surface area contributed by atoms with Gasteiger partial charge < -0.3 is 4.74 Å². The van der Waals surface area contributed by atoms with E-state index >= 15 is 0 Å². The SMILES string of the molecule is CC1CCC(Oc2ncccc2S(=O)(=O)Cl)CC1. The lowest BCUT2D eigenvalue weighted by Gasteiger charge is -2.26. The van der Waals surface area contributed by atoms with Gasteiger partial charge in [-0.2, -0.15) is 0 Å². The van der Waals surface area contributed by atoms with Crippen LogP contribution in [0.5, 0.6) is 5.88 Å². The molecule has 1 aliphatic carbocycles. The van der Waals surface area contributed by atoms with E-state index in [0.29, 0.717) is 5.92 Å². The third-order valence-electron chi connectivity index (χ3n) is 3.24. The molecule has 4 nitrogen and oxygen atoms in total. The Hall–Kier alpha value is -0.810. The number of hydrogen-bond acceptors (Lipinski definition) is 4. The summed E-state index contributed by atoms with van der Waals surface area (Å²) in [7, 11) is 1.55. The maximum atomic E-state index is 11.4. The molecule has 0 spiro atoms. The highest BCUT2D eigenvalue weighted by atomic mass is 35.7. The van der Waals surface area contributed by atoms with Crippen LogP contribution in [-0.2, 0) is 9.05 Å². The molecule has 1 aliphatic rings.